The van der Waals surface area contributed by atoms with E-state index in [1.54, 1.807) is 14.2 Å². The summed E-state index contributed by atoms with van der Waals surface area (Å²) in [4.78, 5) is 14.3. The lowest BCUT2D eigenvalue weighted by Crippen LogP contribution is -2.50. The zero-order valence-electron chi connectivity index (χ0n) is 16.3. The number of fused-ring (bicyclic) bond motifs is 1. The van der Waals surface area contributed by atoms with Gasteiger partial charge in [0.05, 0.1) is 14.2 Å². The molecule has 1 spiro atoms. The Morgan fingerprint density at radius 2 is 1.73 bits per heavy atom. The molecular weight excluding hydrogens is 326 g/mol. The van der Waals surface area contributed by atoms with Crippen LogP contribution in [0.2, 0.25) is 0 Å². The molecule has 1 aromatic carbocycles. The molecular formula is C22H31NO3. The van der Waals surface area contributed by atoms with Crippen LogP contribution in [-0.2, 0) is 10.2 Å². The van der Waals surface area contributed by atoms with Gasteiger partial charge >= 0.3 is 0 Å². The van der Waals surface area contributed by atoms with Gasteiger partial charge in [-0.15, -0.1) is 0 Å². The van der Waals surface area contributed by atoms with Crippen molar-refractivity contribution in [1.29, 1.82) is 0 Å². The molecule has 1 aromatic rings. The number of likely N-dealkylation sites (tertiary alicyclic amines) is 1. The van der Waals surface area contributed by atoms with Gasteiger partial charge < -0.3 is 14.4 Å². The molecule has 0 bridgehead atoms. The molecule has 1 heterocycles. The third-order valence-corrected chi connectivity index (χ3v) is 7.64. The van der Waals surface area contributed by atoms with Gasteiger partial charge in [-0.05, 0) is 75.2 Å². The minimum Gasteiger partial charge on any atom is -0.493 e. The first-order valence-corrected chi connectivity index (χ1v) is 9.96. The van der Waals surface area contributed by atoms with Gasteiger partial charge in [-0.25, -0.2) is 0 Å². The monoisotopic (exact) mass is 357 g/mol. The van der Waals surface area contributed by atoms with Crippen molar-refractivity contribution in [3.63, 3.8) is 0 Å². The number of ether oxygens (including phenoxy) is 2. The van der Waals surface area contributed by atoms with E-state index in [1.165, 1.54) is 31.2 Å². The van der Waals surface area contributed by atoms with E-state index in [-0.39, 0.29) is 5.41 Å². The quantitative estimate of drug-likeness (QED) is 0.821. The molecule has 1 aliphatic heterocycles. The van der Waals surface area contributed by atoms with Crippen LogP contribution in [0.5, 0.6) is 11.5 Å². The van der Waals surface area contributed by atoms with Gasteiger partial charge in [0.2, 0.25) is 0 Å². The van der Waals surface area contributed by atoms with Gasteiger partial charge in [0.25, 0.3) is 0 Å². The van der Waals surface area contributed by atoms with Crippen molar-refractivity contribution in [2.24, 2.45) is 5.41 Å². The zero-order valence-corrected chi connectivity index (χ0v) is 16.3. The molecule has 3 fully saturated rings. The zero-order chi connectivity index (χ0) is 18.4. The van der Waals surface area contributed by atoms with Crippen LogP contribution in [0.25, 0.3) is 0 Å². The number of benzene rings is 1. The molecule has 2 unspecified atom stereocenters. The van der Waals surface area contributed by atoms with Crippen molar-refractivity contribution >= 4 is 5.78 Å². The summed E-state index contributed by atoms with van der Waals surface area (Å²) in [7, 11) is 5.68. The molecule has 0 amide bonds. The number of rotatable bonds is 3. The summed E-state index contributed by atoms with van der Waals surface area (Å²) in [5, 5.41) is 0. The average Bonchev–Trinajstić information content (AvgIpc) is 3.01. The summed E-state index contributed by atoms with van der Waals surface area (Å²) in [6.07, 6.45) is 8.67. The Labute approximate surface area is 156 Å². The van der Waals surface area contributed by atoms with E-state index in [0.717, 1.165) is 43.7 Å². The molecule has 3 aliphatic rings. The second-order valence-electron chi connectivity index (χ2n) is 8.72. The summed E-state index contributed by atoms with van der Waals surface area (Å²) in [6.45, 7) is 1.15. The first kappa shape index (κ1) is 17.8. The first-order chi connectivity index (χ1) is 12.5. The SMILES string of the molecule is COc1ccc(C23CCN(C)C2CC2(CCC(=O)CC2)CC3)cc1OC. The Bertz CT molecular complexity index is 691. The van der Waals surface area contributed by atoms with E-state index in [1.807, 2.05) is 0 Å². The van der Waals surface area contributed by atoms with E-state index in [4.69, 9.17) is 9.47 Å². The number of nitrogens with zero attached hydrogens (tertiary/aromatic N) is 1. The number of hydrogen-bond acceptors (Lipinski definition) is 4. The molecule has 0 aromatic heterocycles. The summed E-state index contributed by atoms with van der Waals surface area (Å²) >= 11 is 0. The van der Waals surface area contributed by atoms with E-state index in [0.29, 0.717) is 17.2 Å². The lowest BCUT2D eigenvalue weighted by Gasteiger charge is -2.51. The summed E-state index contributed by atoms with van der Waals surface area (Å²) in [5.74, 6) is 2.09. The molecule has 2 atom stereocenters. The van der Waals surface area contributed by atoms with Gasteiger partial charge in [0.1, 0.15) is 5.78 Å². The van der Waals surface area contributed by atoms with Crippen LogP contribution in [0.4, 0.5) is 0 Å². The Balaban J connectivity index is 1.66. The fraction of sp³-hybridized carbons (Fsp3) is 0.682. The van der Waals surface area contributed by atoms with E-state index >= 15 is 0 Å². The number of hydrogen-bond donors (Lipinski definition) is 0. The Hall–Kier alpha value is -1.55. The third kappa shape index (κ3) is 2.74. The molecule has 0 N–H and O–H groups in total. The second-order valence-corrected chi connectivity index (χ2v) is 8.72. The summed E-state index contributed by atoms with van der Waals surface area (Å²) in [5.41, 5.74) is 1.99. The van der Waals surface area contributed by atoms with Crippen LogP contribution in [0.1, 0.15) is 56.9 Å². The Morgan fingerprint density at radius 3 is 2.42 bits per heavy atom. The summed E-state index contributed by atoms with van der Waals surface area (Å²) < 4.78 is 11.0. The van der Waals surface area contributed by atoms with E-state index in [2.05, 4.69) is 30.1 Å². The van der Waals surface area contributed by atoms with E-state index in [9.17, 15) is 4.79 Å². The van der Waals surface area contributed by atoms with Crippen LogP contribution in [0, 0.1) is 5.41 Å². The number of Topliss-reactive ketones (excluding diaryl/α,β-unsaturated/α-hetero) is 1. The highest BCUT2D eigenvalue weighted by molar-refractivity contribution is 5.79. The van der Waals surface area contributed by atoms with Crippen molar-refractivity contribution in [1.82, 2.24) is 4.90 Å². The van der Waals surface area contributed by atoms with Gasteiger partial charge in [-0.1, -0.05) is 6.07 Å². The van der Waals surface area contributed by atoms with Crippen LogP contribution < -0.4 is 9.47 Å². The Morgan fingerprint density at radius 1 is 1.00 bits per heavy atom. The maximum absolute atomic E-state index is 11.8. The molecule has 2 saturated carbocycles. The minimum atomic E-state index is 0.209. The molecule has 0 radical (unpaired) electrons. The van der Waals surface area contributed by atoms with Crippen molar-refractivity contribution in [2.75, 3.05) is 27.8 Å². The predicted molar refractivity (Wildman–Crippen MR) is 102 cm³/mol. The smallest absolute Gasteiger partial charge is 0.161 e. The fourth-order valence-corrected chi connectivity index (χ4v) is 5.90. The topological polar surface area (TPSA) is 38.8 Å². The van der Waals surface area contributed by atoms with Gasteiger partial charge in [-0.2, -0.15) is 0 Å². The number of likely N-dealkylation sites (N-methyl/N-ethyl adjacent to an activating group) is 1. The minimum absolute atomic E-state index is 0.209. The van der Waals surface area contributed by atoms with Crippen LogP contribution in [0.3, 0.4) is 0 Å². The third-order valence-electron chi connectivity index (χ3n) is 7.64. The number of carbonyl (C=O) groups is 1. The average molecular weight is 357 g/mol. The van der Waals surface area contributed by atoms with Crippen molar-refractivity contribution in [2.45, 2.75) is 62.8 Å². The maximum atomic E-state index is 11.8. The van der Waals surface area contributed by atoms with Crippen LogP contribution >= 0.6 is 0 Å². The lowest BCUT2D eigenvalue weighted by atomic mass is 9.55. The number of carbonyl (C=O) groups excluding carboxylic acids is 1. The molecule has 4 nitrogen and oxygen atoms in total. The molecule has 4 heteroatoms. The van der Waals surface area contributed by atoms with Crippen molar-refractivity contribution in [3.8, 4) is 11.5 Å². The highest BCUT2D eigenvalue weighted by Crippen LogP contribution is 2.57. The van der Waals surface area contributed by atoms with Gasteiger partial charge in [0, 0.05) is 24.3 Å². The highest BCUT2D eigenvalue weighted by atomic mass is 16.5. The van der Waals surface area contributed by atoms with Crippen molar-refractivity contribution in [3.05, 3.63) is 23.8 Å². The van der Waals surface area contributed by atoms with Gasteiger partial charge in [0.15, 0.2) is 11.5 Å². The van der Waals surface area contributed by atoms with Crippen molar-refractivity contribution < 1.29 is 14.3 Å². The van der Waals surface area contributed by atoms with E-state index < -0.39 is 0 Å². The standard InChI is InChI=1S/C22H31NO3/c1-23-13-12-22(16-4-5-18(25-2)19(14-16)26-3)11-10-21(15-20(22)23)8-6-17(24)7-9-21/h4-5,14,20H,6-13,15H2,1-3H3. The molecule has 142 valence electrons. The predicted octanol–water partition coefficient (Wildman–Crippen LogP) is 3.96. The lowest BCUT2D eigenvalue weighted by molar-refractivity contribution is -0.123. The molecule has 4 rings (SSSR count). The number of ketones is 1. The molecule has 2 aliphatic carbocycles. The summed E-state index contributed by atoms with van der Waals surface area (Å²) in [6, 6.07) is 7.06. The number of methoxy groups -OCH3 is 2. The maximum Gasteiger partial charge on any atom is 0.161 e. The van der Waals surface area contributed by atoms with Crippen LogP contribution in [-0.4, -0.2) is 44.5 Å². The second kappa shape index (κ2) is 6.56. The molecule has 26 heavy (non-hydrogen) atoms. The highest BCUT2D eigenvalue weighted by Gasteiger charge is 2.54. The largest absolute Gasteiger partial charge is 0.493 e. The first-order valence-electron chi connectivity index (χ1n) is 9.96. The van der Waals surface area contributed by atoms with Crippen LogP contribution in [0.15, 0.2) is 18.2 Å². The Kier molecular flexibility index (Phi) is 4.50. The molecule has 1 saturated heterocycles. The van der Waals surface area contributed by atoms with Gasteiger partial charge in [-0.3, -0.25) is 4.79 Å². The fourth-order valence-electron chi connectivity index (χ4n) is 5.90. The normalized spacial score (nSPS) is 31.0.